The van der Waals surface area contributed by atoms with Crippen molar-refractivity contribution in [3.8, 4) is 17.2 Å². The van der Waals surface area contributed by atoms with E-state index in [4.69, 9.17) is 0 Å². The van der Waals surface area contributed by atoms with E-state index < -0.39 is 64.9 Å². The second kappa shape index (κ2) is 25.7. The number of hydrogen-bond donors (Lipinski definition) is 1. The zero-order chi connectivity index (χ0) is 69.8. The van der Waals surface area contributed by atoms with Gasteiger partial charge in [-0.15, -0.1) is 0 Å². The molecule has 0 unspecified atom stereocenters. The number of benzene rings is 6. The largest absolute Gasteiger partial charge is 0.435 e. The number of hydrogen-bond acceptors (Lipinski definition) is 13. The predicted octanol–water partition coefficient (Wildman–Crippen LogP) is 15.6. The van der Waals surface area contributed by atoms with E-state index in [1.807, 2.05) is 90.9 Å². The van der Waals surface area contributed by atoms with Crippen molar-refractivity contribution in [3.63, 3.8) is 0 Å². The Morgan fingerprint density at radius 2 is 1.02 bits per heavy atom. The first-order chi connectivity index (χ1) is 45.5. The summed E-state index contributed by atoms with van der Waals surface area (Å²) in [6, 6.07) is 46.3. The van der Waals surface area contributed by atoms with Crippen molar-refractivity contribution in [2.75, 3.05) is 4.72 Å². The second-order valence-corrected chi connectivity index (χ2v) is 31.9. The average molecular weight is 1380 g/mol. The molecular weight excluding hydrogens is 1310 g/mol. The van der Waals surface area contributed by atoms with Crippen molar-refractivity contribution < 1.29 is 51.6 Å². The number of sulfone groups is 2. The van der Waals surface area contributed by atoms with Crippen molar-refractivity contribution in [2.24, 2.45) is 0 Å². The minimum absolute atomic E-state index is 0.0179. The molecule has 1 aliphatic carbocycles. The molecule has 1 N–H and O–H groups in total. The molecule has 0 saturated heterocycles. The monoisotopic (exact) mass is 1380 g/mol. The molecule has 17 nitrogen and oxygen atoms in total. The molecule has 6 heterocycles. The molecule has 97 heavy (non-hydrogen) atoms. The van der Waals surface area contributed by atoms with Crippen LogP contribution in [0, 0.1) is 6.92 Å². The lowest BCUT2D eigenvalue weighted by atomic mass is 9.87. The van der Waals surface area contributed by atoms with Crippen molar-refractivity contribution in [2.45, 2.75) is 130 Å². The number of anilines is 1. The highest BCUT2D eigenvalue weighted by molar-refractivity contribution is 7.92. The molecule has 6 aromatic heterocycles. The van der Waals surface area contributed by atoms with E-state index in [9.17, 15) is 51.6 Å². The molecule has 0 spiro atoms. The van der Waals surface area contributed by atoms with E-state index in [1.54, 1.807) is 102 Å². The van der Waals surface area contributed by atoms with Gasteiger partial charge in [-0.1, -0.05) is 122 Å². The number of pyridine rings is 2. The molecule has 12 aromatic rings. The van der Waals surface area contributed by atoms with Crippen LogP contribution in [0.5, 0.6) is 0 Å². The van der Waals surface area contributed by atoms with E-state index in [0.29, 0.717) is 33.3 Å². The number of halogens is 6. The Hall–Kier alpha value is -9.66. The molecule has 13 rings (SSSR count). The first-order valence-corrected chi connectivity index (χ1v) is 35.4. The third-order valence-corrected chi connectivity index (χ3v) is 21.3. The Kier molecular flexibility index (Phi) is 18.2. The Balaban J connectivity index is 0.000000148. The van der Waals surface area contributed by atoms with Crippen LogP contribution in [0.25, 0.3) is 49.9 Å². The van der Waals surface area contributed by atoms with E-state index in [-0.39, 0.29) is 53.8 Å². The number of nitrogens with zero attached hydrogens (tertiary/aromatic N) is 10. The molecule has 6 aromatic carbocycles. The molecule has 0 saturated carbocycles. The van der Waals surface area contributed by atoms with Gasteiger partial charge in [-0.3, -0.25) is 14.7 Å². The number of para-hydroxylation sites is 2. The van der Waals surface area contributed by atoms with Gasteiger partial charge in [0.25, 0.3) is 10.0 Å². The van der Waals surface area contributed by atoms with E-state index in [1.165, 1.54) is 42.4 Å². The maximum Gasteiger partial charge on any atom is 0.435 e. The fraction of sp³-hybridized carbons (Fsp3) is 0.254. The standard InChI is InChI=1S/C24H22F3N3O2S.C24H24N4O2S.C23H21F3N4O2S/c1-23(2,3)17-9-11-19(12-10-17)33(31,32)15-18-14-21(24(25,26)27)29-30(18)20-8-4-6-16-7-5-13-28-22(16)20;1-16-14-23(28(26-16)22-8-4-7-21-19(22)6-5-13-25-21)27-31(29,30)18-9-10-20-17(15-18)11-12-24(20,2)3;1-22(2,3)15-8-10-17(11-9-15)33(31,32)13-16-12-20(23(24,25)26)29-30(16)21-18-6-4-5-7-19(18)27-14-28-21/h4-14H,15H2,1-3H3;4-10,13-15,27H,11-12H2,1-3H3;4-12,14H,13H2,1-3H3. The summed E-state index contributed by atoms with van der Waals surface area (Å²) < 4.78 is 166. The highest BCUT2D eigenvalue weighted by atomic mass is 32.2. The van der Waals surface area contributed by atoms with Crippen LogP contribution in [-0.4, -0.2) is 74.5 Å². The molecule has 502 valence electrons. The normalized spacial score (nSPS) is 13.6. The van der Waals surface area contributed by atoms with Crippen LogP contribution in [0.3, 0.4) is 0 Å². The van der Waals surface area contributed by atoms with Gasteiger partial charge >= 0.3 is 12.4 Å². The van der Waals surface area contributed by atoms with E-state index >= 15 is 0 Å². The number of nitrogens with one attached hydrogen (secondary N) is 1. The van der Waals surface area contributed by atoms with Gasteiger partial charge in [0.15, 0.2) is 36.9 Å². The second-order valence-electron chi connectivity index (χ2n) is 26.2. The Bertz CT molecular complexity index is 5070. The van der Waals surface area contributed by atoms with Gasteiger partial charge < -0.3 is 0 Å². The van der Waals surface area contributed by atoms with Crippen molar-refractivity contribution in [1.29, 1.82) is 0 Å². The van der Waals surface area contributed by atoms with Gasteiger partial charge in [0.2, 0.25) is 0 Å². The van der Waals surface area contributed by atoms with Crippen LogP contribution in [0.1, 0.15) is 113 Å². The minimum Gasteiger partial charge on any atom is -0.263 e. The van der Waals surface area contributed by atoms with Crippen molar-refractivity contribution in [1.82, 2.24) is 49.3 Å². The van der Waals surface area contributed by atoms with E-state index in [0.717, 1.165) is 67.6 Å². The number of fused-ring (bicyclic) bond motifs is 4. The zero-order valence-corrected chi connectivity index (χ0v) is 56.6. The molecule has 0 amide bonds. The Labute approximate surface area is 557 Å². The minimum atomic E-state index is -4.75. The predicted molar refractivity (Wildman–Crippen MR) is 360 cm³/mol. The van der Waals surface area contributed by atoms with Crippen molar-refractivity contribution >= 4 is 68.2 Å². The summed E-state index contributed by atoms with van der Waals surface area (Å²) in [5, 5.41) is 14.0. The lowest BCUT2D eigenvalue weighted by molar-refractivity contribution is -0.142. The van der Waals surface area contributed by atoms with Gasteiger partial charge in [-0.25, -0.2) is 49.3 Å². The average Bonchev–Trinajstić information content (AvgIpc) is 1.59. The Morgan fingerprint density at radius 1 is 0.505 bits per heavy atom. The summed E-state index contributed by atoms with van der Waals surface area (Å²) >= 11 is 0. The smallest absolute Gasteiger partial charge is 0.263 e. The van der Waals surface area contributed by atoms with Crippen LogP contribution < -0.4 is 4.72 Å². The maximum absolute atomic E-state index is 13.5. The fourth-order valence-electron chi connectivity index (χ4n) is 11.4. The van der Waals surface area contributed by atoms with Crippen LogP contribution >= 0.6 is 0 Å². The molecule has 0 aliphatic heterocycles. The SMILES string of the molecule is CC(C)(C)c1ccc(S(=O)(=O)Cc2cc(C(F)(F)F)nn2-c2cccc3cccnc23)cc1.CC(C)(C)c1ccc(S(=O)(=O)Cc2cc(C(F)(F)F)nn2-c2ncnc3ccccc23)cc1.Cc1cc(NS(=O)(=O)c2ccc3c(c2)CCC3(C)C)n(-c2cccc3ncccc23)n1. The molecule has 0 atom stereocenters. The van der Waals surface area contributed by atoms with Crippen molar-refractivity contribution in [3.05, 3.63) is 239 Å². The number of aromatic nitrogens is 10. The van der Waals surface area contributed by atoms with Gasteiger partial charge in [-0.05, 0) is 155 Å². The van der Waals surface area contributed by atoms with Crippen LogP contribution in [0.4, 0.5) is 32.2 Å². The van der Waals surface area contributed by atoms with Gasteiger partial charge in [0.05, 0.1) is 71.2 Å². The third-order valence-electron chi connectivity index (χ3n) is 16.6. The molecule has 1 aliphatic rings. The van der Waals surface area contributed by atoms with Crippen LogP contribution in [0.15, 0.2) is 203 Å². The summed E-state index contributed by atoms with van der Waals surface area (Å²) in [4.78, 5) is 17.2. The molecular formula is C71H67F6N11O6S3. The number of alkyl halides is 6. The summed E-state index contributed by atoms with van der Waals surface area (Å²) in [5.41, 5.74) is 4.89. The molecule has 0 radical (unpaired) electrons. The highest BCUT2D eigenvalue weighted by Crippen LogP contribution is 2.40. The lowest BCUT2D eigenvalue weighted by Crippen LogP contribution is -2.17. The molecule has 0 fully saturated rings. The third kappa shape index (κ3) is 14.9. The first kappa shape index (κ1) is 68.7. The van der Waals surface area contributed by atoms with Gasteiger partial charge in [0.1, 0.15) is 12.1 Å². The summed E-state index contributed by atoms with van der Waals surface area (Å²) in [6.45, 7) is 18.3. The fourth-order valence-corrected chi connectivity index (χ4v) is 15.1. The first-order valence-electron chi connectivity index (χ1n) is 30.6. The topological polar surface area (TPSA) is 219 Å². The van der Waals surface area contributed by atoms with Crippen LogP contribution in [-0.2, 0) is 76.2 Å². The summed E-state index contributed by atoms with van der Waals surface area (Å²) in [6.07, 6.45) is -3.09. The number of rotatable bonds is 12. The van der Waals surface area contributed by atoms with Gasteiger partial charge in [-0.2, -0.15) is 41.6 Å². The van der Waals surface area contributed by atoms with Crippen LogP contribution in [0.2, 0.25) is 0 Å². The quantitative estimate of drug-likeness (QED) is 0.113. The van der Waals surface area contributed by atoms with Gasteiger partial charge in [0, 0.05) is 34.6 Å². The maximum atomic E-state index is 13.5. The zero-order valence-electron chi connectivity index (χ0n) is 54.1. The summed E-state index contributed by atoms with van der Waals surface area (Å²) in [7, 11) is -11.7. The molecule has 26 heteroatoms. The number of sulfonamides is 1. The lowest BCUT2D eigenvalue weighted by Gasteiger charge is -2.19. The molecule has 0 bridgehead atoms. The number of aryl methyl sites for hydroxylation is 2. The highest BCUT2D eigenvalue weighted by Gasteiger charge is 2.38. The summed E-state index contributed by atoms with van der Waals surface area (Å²) in [5.74, 6) is -0.851. The van der Waals surface area contributed by atoms with E-state index in [2.05, 4.69) is 53.8 Å². The Morgan fingerprint density at radius 3 is 1.64 bits per heavy atom.